The fourth-order valence-electron chi connectivity index (χ4n) is 2.44. The molecule has 1 heterocycles. The van der Waals surface area contributed by atoms with Gasteiger partial charge in [0, 0.05) is 12.1 Å². The summed E-state index contributed by atoms with van der Waals surface area (Å²) in [7, 11) is 0. The van der Waals surface area contributed by atoms with Crippen molar-refractivity contribution in [1.82, 2.24) is 9.97 Å². The third-order valence-electron chi connectivity index (χ3n) is 3.71. The van der Waals surface area contributed by atoms with E-state index in [9.17, 15) is 14.9 Å². The summed E-state index contributed by atoms with van der Waals surface area (Å²) in [6.45, 7) is 0. The molecule has 9 heteroatoms. The SMILES string of the molecule is Nc1nc(/C=C/c2ccc([N+](=O)[O-])cc2)c(-c2ccc(Cl)c(Cl)c2)c(=O)[nH]1. The highest BCUT2D eigenvalue weighted by atomic mass is 35.5. The smallest absolute Gasteiger partial charge is 0.269 e. The van der Waals surface area contributed by atoms with Gasteiger partial charge in [0.15, 0.2) is 0 Å². The predicted molar refractivity (Wildman–Crippen MR) is 107 cm³/mol. The number of nitro benzene ring substituents is 1. The number of halogens is 2. The maximum atomic E-state index is 12.4. The maximum absolute atomic E-state index is 12.4. The van der Waals surface area contributed by atoms with E-state index in [1.165, 1.54) is 12.1 Å². The Hall–Kier alpha value is -3.16. The zero-order valence-corrected chi connectivity index (χ0v) is 15.2. The summed E-state index contributed by atoms with van der Waals surface area (Å²) < 4.78 is 0. The van der Waals surface area contributed by atoms with Crippen LogP contribution in [0.15, 0.2) is 47.3 Å². The van der Waals surface area contributed by atoms with Gasteiger partial charge in [0.05, 0.1) is 26.2 Å². The molecule has 0 atom stereocenters. The van der Waals surface area contributed by atoms with Gasteiger partial charge in [-0.05, 0) is 41.5 Å². The molecule has 3 N–H and O–H groups in total. The van der Waals surface area contributed by atoms with Crippen molar-refractivity contribution in [1.29, 1.82) is 0 Å². The Bertz CT molecular complexity index is 1110. The number of nitrogens with zero attached hydrogens (tertiary/aromatic N) is 2. The number of nitrogen functional groups attached to an aromatic ring is 1. The van der Waals surface area contributed by atoms with Crippen molar-refractivity contribution < 1.29 is 4.92 Å². The molecule has 3 aromatic rings. The number of hydrogen-bond acceptors (Lipinski definition) is 5. The highest BCUT2D eigenvalue weighted by Gasteiger charge is 2.13. The van der Waals surface area contributed by atoms with E-state index in [-0.39, 0.29) is 17.2 Å². The van der Waals surface area contributed by atoms with Gasteiger partial charge in [0.25, 0.3) is 11.2 Å². The summed E-state index contributed by atoms with van der Waals surface area (Å²) in [6.07, 6.45) is 3.27. The Kier molecular flexibility index (Phi) is 5.25. The Morgan fingerprint density at radius 2 is 1.78 bits per heavy atom. The average molecular weight is 403 g/mol. The van der Waals surface area contributed by atoms with Crippen LogP contribution in [-0.2, 0) is 0 Å². The van der Waals surface area contributed by atoms with Gasteiger partial charge in [-0.3, -0.25) is 19.9 Å². The van der Waals surface area contributed by atoms with Crippen molar-refractivity contribution in [3.05, 3.63) is 84.2 Å². The van der Waals surface area contributed by atoms with E-state index >= 15 is 0 Å². The van der Waals surface area contributed by atoms with E-state index in [1.807, 2.05) is 0 Å². The lowest BCUT2D eigenvalue weighted by Gasteiger charge is -2.07. The van der Waals surface area contributed by atoms with Crippen molar-refractivity contribution >= 4 is 47.0 Å². The number of nitrogens with two attached hydrogens (primary N) is 1. The molecule has 0 aliphatic heterocycles. The lowest BCUT2D eigenvalue weighted by atomic mass is 10.0. The molecule has 1 aromatic heterocycles. The number of aromatic amines is 1. The first-order valence-electron chi connectivity index (χ1n) is 7.63. The van der Waals surface area contributed by atoms with Gasteiger partial charge in [0.1, 0.15) is 0 Å². The number of benzene rings is 2. The molecule has 0 aliphatic carbocycles. The number of H-pyrrole nitrogens is 1. The third-order valence-corrected chi connectivity index (χ3v) is 4.45. The summed E-state index contributed by atoms with van der Waals surface area (Å²) in [5, 5.41) is 11.4. The monoisotopic (exact) mass is 402 g/mol. The maximum Gasteiger partial charge on any atom is 0.269 e. The molecule has 0 aliphatic rings. The molecule has 2 aromatic carbocycles. The van der Waals surface area contributed by atoms with E-state index in [4.69, 9.17) is 28.9 Å². The molecule has 0 fully saturated rings. The largest absolute Gasteiger partial charge is 0.369 e. The Labute approximate surface area is 163 Å². The summed E-state index contributed by atoms with van der Waals surface area (Å²) in [6, 6.07) is 10.8. The molecule has 3 rings (SSSR count). The van der Waals surface area contributed by atoms with Crippen molar-refractivity contribution in [2.75, 3.05) is 5.73 Å². The number of nitro groups is 1. The number of rotatable bonds is 4. The molecule has 27 heavy (non-hydrogen) atoms. The lowest BCUT2D eigenvalue weighted by Crippen LogP contribution is -2.15. The van der Waals surface area contributed by atoms with Crippen LogP contribution in [-0.4, -0.2) is 14.9 Å². The fraction of sp³-hybridized carbons (Fsp3) is 0. The molecule has 0 spiro atoms. The summed E-state index contributed by atoms with van der Waals surface area (Å²) in [5.41, 5.74) is 7.05. The highest BCUT2D eigenvalue weighted by molar-refractivity contribution is 6.42. The van der Waals surface area contributed by atoms with Gasteiger partial charge in [-0.2, -0.15) is 0 Å². The van der Waals surface area contributed by atoms with E-state index < -0.39 is 10.5 Å². The molecule has 0 saturated carbocycles. The molecule has 0 radical (unpaired) electrons. The number of non-ortho nitro benzene ring substituents is 1. The molecule has 0 amide bonds. The van der Waals surface area contributed by atoms with Crippen LogP contribution in [0, 0.1) is 10.1 Å². The first-order valence-corrected chi connectivity index (χ1v) is 8.38. The Morgan fingerprint density at radius 3 is 2.41 bits per heavy atom. The van der Waals surface area contributed by atoms with Gasteiger partial charge in [-0.15, -0.1) is 0 Å². The second-order valence-corrected chi connectivity index (χ2v) is 6.34. The number of nitrogens with one attached hydrogen (secondary N) is 1. The third kappa shape index (κ3) is 4.16. The van der Waals surface area contributed by atoms with Crippen LogP contribution in [0.5, 0.6) is 0 Å². The Balaban J connectivity index is 2.05. The molecule has 7 nitrogen and oxygen atoms in total. The lowest BCUT2D eigenvalue weighted by molar-refractivity contribution is -0.384. The molecule has 0 unspecified atom stereocenters. The molecule has 0 saturated heterocycles. The second-order valence-electron chi connectivity index (χ2n) is 5.52. The topological polar surface area (TPSA) is 115 Å². The number of aromatic nitrogens is 2. The van der Waals surface area contributed by atoms with Crippen LogP contribution >= 0.6 is 23.2 Å². The van der Waals surface area contributed by atoms with E-state index in [1.54, 1.807) is 42.5 Å². The van der Waals surface area contributed by atoms with Gasteiger partial charge in [-0.25, -0.2) is 4.98 Å². The van der Waals surface area contributed by atoms with Crippen LogP contribution in [0.3, 0.4) is 0 Å². The van der Waals surface area contributed by atoms with Crippen LogP contribution in [0.2, 0.25) is 10.0 Å². The average Bonchev–Trinajstić information content (AvgIpc) is 2.62. The Morgan fingerprint density at radius 1 is 1.07 bits per heavy atom. The molecule has 0 bridgehead atoms. The minimum absolute atomic E-state index is 0.0119. The first kappa shape index (κ1) is 18.6. The van der Waals surface area contributed by atoms with E-state index in [0.717, 1.165) is 0 Å². The normalized spacial score (nSPS) is 11.0. The number of hydrogen-bond donors (Lipinski definition) is 2. The summed E-state index contributed by atoms with van der Waals surface area (Å²) in [5.74, 6) is -0.0350. The van der Waals surface area contributed by atoms with E-state index in [2.05, 4.69) is 9.97 Å². The molecule has 136 valence electrons. The quantitative estimate of drug-likeness (QED) is 0.495. The van der Waals surface area contributed by atoms with Gasteiger partial charge in [-0.1, -0.05) is 35.3 Å². The molecular formula is C18H12Cl2N4O3. The highest BCUT2D eigenvalue weighted by Crippen LogP contribution is 2.29. The van der Waals surface area contributed by atoms with Crippen molar-refractivity contribution in [2.45, 2.75) is 0 Å². The zero-order chi connectivity index (χ0) is 19.6. The van der Waals surface area contributed by atoms with Crippen molar-refractivity contribution in [2.24, 2.45) is 0 Å². The van der Waals surface area contributed by atoms with Crippen LogP contribution < -0.4 is 11.3 Å². The summed E-state index contributed by atoms with van der Waals surface area (Å²) >= 11 is 12.0. The standard InChI is InChI=1S/C18H12Cl2N4O3/c19-13-7-4-11(9-14(13)20)16-15(22-18(21)23-17(16)25)8-3-10-1-5-12(6-2-10)24(26)27/h1-9H,(H3,21,22,23,25)/b8-3+. The number of anilines is 1. The minimum atomic E-state index is -0.477. The summed E-state index contributed by atoms with van der Waals surface area (Å²) in [4.78, 5) is 29.3. The van der Waals surface area contributed by atoms with Gasteiger partial charge < -0.3 is 5.73 Å². The van der Waals surface area contributed by atoms with Gasteiger partial charge >= 0.3 is 0 Å². The van der Waals surface area contributed by atoms with Gasteiger partial charge in [0.2, 0.25) is 5.95 Å². The zero-order valence-electron chi connectivity index (χ0n) is 13.6. The fourth-order valence-corrected chi connectivity index (χ4v) is 2.74. The van der Waals surface area contributed by atoms with Crippen molar-refractivity contribution in [3.8, 4) is 11.1 Å². The van der Waals surface area contributed by atoms with Crippen LogP contribution in [0.4, 0.5) is 11.6 Å². The van der Waals surface area contributed by atoms with E-state index in [0.29, 0.717) is 26.9 Å². The van der Waals surface area contributed by atoms with Crippen LogP contribution in [0.25, 0.3) is 23.3 Å². The minimum Gasteiger partial charge on any atom is -0.369 e. The van der Waals surface area contributed by atoms with Crippen LogP contribution in [0.1, 0.15) is 11.3 Å². The first-order chi connectivity index (χ1) is 12.8. The predicted octanol–water partition coefficient (Wildman–Crippen LogP) is 4.40. The molecular weight excluding hydrogens is 391 g/mol. The second kappa shape index (κ2) is 7.61. The van der Waals surface area contributed by atoms with Crippen molar-refractivity contribution in [3.63, 3.8) is 0 Å².